The van der Waals surface area contributed by atoms with Crippen molar-refractivity contribution in [1.82, 2.24) is 5.32 Å². The van der Waals surface area contributed by atoms with E-state index < -0.39 is 6.04 Å². The number of aryl methyl sites for hydroxylation is 2. The lowest BCUT2D eigenvalue weighted by Crippen LogP contribution is -2.31. The van der Waals surface area contributed by atoms with Crippen LogP contribution in [0.1, 0.15) is 39.5 Å². The average molecular weight is 372 g/mol. The van der Waals surface area contributed by atoms with Gasteiger partial charge in [0, 0.05) is 11.3 Å². The maximum Gasteiger partial charge on any atom is 0.251 e. The van der Waals surface area contributed by atoms with Crippen LogP contribution in [0.4, 0.5) is 5.69 Å². The summed E-state index contributed by atoms with van der Waals surface area (Å²) in [5, 5.41) is 5.94. The van der Waals surface area contributed by atoms with Crippen molar-refractivity contribution in [2.75, 3.05) is 5.32 Å². The minimum atomic E-state index is -0.417. The monoisotopic (exact) mass is 372 g/mol. The predicted molar refractivity (Wildman–Crippen MR) is 112 cm³/mol. The number of anilines is 1. The van der Waals surface area contributed by atoms with Gasteiger partial charge >= 0.3 is 0 Å². The lowest BCUT2D eigenvalue weighted by Gasteiger charge is -2.19. The molecule has 0 bridgehead atoms. The van der Waals surface area contributed by atoms with E-state index in [1.165, 1.54) is 0 Å². The maximum absolute atomic E-state index is 12.7. The summed E-state index contributed by atoms with van der Waals surface area (Å²) in [4.78, 5) is 25.3. The molecule has 3 aromatic rings. The fourth-order valence-electron chi connectivity index (χ4n) is 3.21. The summed E-state index contributed by atoms with van der Waals surface area (Å²) < 4.78 is 0. The highest BCUT2D eigenvalue weighted by atomic mass is 16.2. The second-order valence-electron chi connectivity index (χ2n) is 6.93. The predicted octanol–water partition coefficient (Wildman–Crippen LogP) is 4.80. The topological polar surface area (TPSA) is 58.2 Å². The van der Waals surface area contributed by atoms with E-state index in [1.54, 1.807) is 12.1 Å². The molecule has 28 heavy (non-hydrogen) atoms. The zero-order valence-electron chi connectivity index (χ0n) is 16.1. The molecule has 0 heterocycles. The van der Waals surface area contributed by atoms with Gasteiger partial charge in [-0.05, 0) is 54.8 Å². The van der Waals surface area contributed by atoms with Crippen LogP contribution in [0, 0.1) is 13.8 Å². The van der Waals surface area contributed by atoms with E-state index in [4.69, 9.17) is 0 Å². The molecule has 0 fully saturated rings. The van der Waals surface area contributed by atoms with Gasteiger partial charge in [0.05, 0.1) is 12.5 Å². The van der Waals surface area contributed by atoms with E-state index >= 15 is 0 Å². The molecule has 2 amide bonds. The Bertz CT molecular complexity index is 933. The normalized spacial score (nSPS) is 11.5. The van der Waals surface area contributed by atoms with Gasteiger partial charge in [0.2, 0.25) is 5.91 Å². The third kappa shape index (κ3) is 5.30. The molecule has 0 aliphatic rings. The summed E-state index contributed by atoms with van der Waals surface area (Å²) in [7, 11) is 0. The molecule has 0 aliphatic carbocycles. The lowest BCUT2D eigenvalue weighted by molar-refractivity contribution is -0.116. The molecule has 4 heteroatoms. The van der Waals surface area contributed by atoms with Crippen LogP contribution in [0.5, 0.6) is 0 Å². The Labute approximate surface area is 165 Å². The quantitative estimate of drug-likeness (QED) is 0.653. The molecule has 0 aromatic heterocycles. The van der Waals surface area contributed by atoms with E-state index in [0.29, 0.717) is 5.56 Å². The van der Waals surface area contributed by atoms with Crippen molar-refractivity contribution in [2.45, 2.75) is 26.3 Å². The van der Waals surface area contributed by atoms with Gasteiger partial charge in [0.15, 0.2) is 0 Å². The van der Waals surface area contributed by atoms with E-state index in [-0.39, 0.29) is 18.2 Å². The minimum Gasteiger partial charge on any atom is -0.345 e. The summed E-state index contributed by atoms with van der Waals surface area (Å²) in [5.41, 5.74) is 4.41. The van der Waals surface area contributed by atoms with E-state index in [1.807, 2.05) is 74.5 Å². The van der Waals surface area contributed by atoms with Crippen LogP contribution < -0.4 is 10.6 Å². The van der Waals surface area contributed by atoms with Gasteiger partial charge in [-0.3, -0.25) is 9.59 Å². The van der Waals surface area contributed by atoms with Crippen LogP contribution in [0.25, 0.3) is 0 Å². The largest absolute Gasteiger partial charge is 0.345 e. The third-order valence-corrected chi connectivity index (χ3v) is 4.44. The SMILES string of the molecule is Cc1cc(C)cc(NC(=O)C[C@@H](NC(=O)c2ccccc2)c2ccccc2)c1. The molecule has 0 saturated carbocycles. The number of hydrogen-bond donors (Lipinski definition) is 2. The van der Waals surface area contributed by atoms with Gasteiger partial charge < -0.3 is 10.6 Å². The highest BCUT2D eigenvalue weighted by molar-refractivity contribution is 5.95. The van der Waals surface area contributed by atoms with E-state index in [2.05, 4.69) is 16.7 Å². The molecule has 0 aliphatic heterocycles. The molecule has 142 valence electrons. The van der Waals surface area contributed by atoms with Crippen LogP contribution in [0.15, 0.2) is 78.9 Å². The van der Waals surface area contributed by atoms with Gasteiger partial charge in [-0.25, -0.2) is 0 Å². The number of amides is 2. The van der Waals surface area contributed by atoms with Gasteiger partial charge in [-0.15, -0.1) is 0 Å². The lowest BCUT2D eigenvalue weighted by atomic mass is 10.0. The highest BCUT2D eigenvalue weighted by Crippen LogP contribution is 2.20. The van der Waals surface area contributed by atoms with Crippen LogP contribution in [0.2, 0.25) is 0 Å². The Morgan fingerprint density at radius 3 is 2.00 bits per heavy atom. The second-order valence-corrected chi connectivity index (χ2v) is 6.93. The summed E-state index contributed by atoms with van der Waals surface area (Å²) in [5.74, 6) is -0.346. The molecule has 0 radical (unpaired) electrons. The molecule has 4 nitrogen and oxygen atoms in total. The first-order chi connectivity index (χ1) is 13.5. The Balaban J connectivity index is 1.75. The van der Waals surface area contributed by atoms with Gasteiger partial charge in [0.25, 0.3) is 5.91 Å². The molecule has 0 saturated heterocycles. The summed E-state index contributed by atoms with van der Waals surface area (Å²) in [6.07, 6.45) is 0.148. The Kier molecular flexibility index (Phi) is 6.22. The maximum atomic E-state index is 12.7. The molecular weight excluding hydrogens is 348 g/mol. The Morgan fingerprint density at radius 2 is 1.39 bits per heavy atom. The molecule has 0 unspecified atom stereocenters. The van der Waals surface area contributed by atoms with Crippen molar-refractivity contribution >= 4 is 17.5 Å². The van der Waals surface area contributed by atoms with Crippen molar-refractivity contribution in [3.63, 3.8) is 0 Å². The van der Waals surface area contributed by atoms with Crippen LogP contribution >= 0.6 is 0 Å². The number of hydrogen-bond acceptors (Lipinski definition) is 2. The smallest absolute Gasteiger partial charge is 0.251 e. The molecule has 2 N–H and O–H groups in total. The van der Waals surface area contributed by atoms with Crippen molar-refractivity contribution in [3.8, 4) is 0 Å². The van der Waals surface area contributed by atoms with Crippen LogP contribution in [-0.4, -0.2) is 11.8 Å². The minimum absolute atomic E-state index is 0.146. The Hall–Kier alpha value is -3.40. The van der Waals surface area contributed by atoms with Crippen molar-refractivity contribution in [1.29, 1.82) is 0 Å². The first-order valence-electron chi connectivity index (χ1n) is 9.30. The van der Waals surface area contributed by atoms with Crippen LogP contribution in [-0.2, 0) is 4.79 Å². The third-order valence-electron chi connectivity index (χ3n) is 4.44. The molecule has 3 aromatic carbocycles. The fraction of sp³-hybridized carbons (Fsp3) is 0.167. The molecule has 1 atom stereocenters. The molecule has 0 spiro atoms. The standard InChI is InChI=1S/C24H24N2O2/c1-17-13-18(2)15-21(14-17)25-23(27)16-22(19-9-5-3-6-10-19)26-24(28)20-11-7-4-8-12-20/h3-15,22H,16H2,1-2H3,(H,25,27)(H,26,28)/t22-/m1/s1. The second kappa shape index (κ2) is 9.00. The fourth-order valence-corrected chi connectivity index (χ4v) is 3.21. The highest BCUT2D eigenvalue weighted by Gasteiger charge is 2.19. The number of carbonyl (C=O) groups is 2. The van der Waals surface area contributed by atoms with Gasteiger partial charge in [-0.1, -0.05) is 54.6 Å². The zero-order valence-corrected chi connectivity index (χ0v) is 16.1. The van der Waals surface area contributed by atoms with Gasteiger partial charge in [-0.2, -0.15) is 0 Å². The molecular formula is C24H24N2O2. The van der Waals surface area contributed by atoms with Crippen molar-refractivity contribution < 1.29 is 9.59 Å². The summed E-state index contributed by atoms with van der Waals surface area (Å²) in [6, 6.07) is 24.1. The van der Waals surface area contributed by atoms with E-state index in [0.717, 1.165) is 22.4 Å². The Morgan fingerprint density at radius 1 is 0.821 bits per heavy atom. The van der Waals surface area contributed by atoms with Crippen molar-refractivity contribution in [2.24, 2.45) is 0 Å². The van der Waals surface area contributed by atoms with Crippen LogP contribution in [0.3, 0.4) is 0 Å². The van der Waals surface area contributed by atoms with Crippen molar-refractivity contribution in [3.05, 3.63) is 101 Å². The average Bonchev–Trinajstić information content (AvgIpc) is 2.68. The number of rotatable bonds is 6. The summed E-state index contributed by atoms with van der Waals surface area (Å²) >= 11 is 0. The first kappa shape index (κ1) is 19.4. The summed E-state index contributed by atoms with van der Waals surface area (Å²) in [6.45, 7) is 3.99. The zero-order chi connectivity index (χ0) is 19.9. The number of benzene rings is 3. The van der Waals surface area contributed by atoms with E-state index in [9.17, 15) is 9.59 Å². The molecule has 3 rings (SSSR count). The first-order valence-corrected chi connectivity index (χ1v) is 9.30. The number of carbonyl (C=O) groups excluding carboxylic acids is 2. The van der Waals surface area contributed by atoms with Gasteiger partial charge in [0.1, 0.15) is 0 Å². The number of nitrogens with one attached hydrogen (secondary N) is 2.